The summed E-state index contributed by atoms with van der Waals surface area (Å²) in [7, 11) is 3.24. The molecule has 0 atom stereocenters. The van der Waals surface area contributed by atoms with E-state index < -0.39 is 7.92 Å². The van der Waals surface area contributed by atoms with Gasteiger partial charge < -0.3 is 25.6 Å². The van der Waals surface area contributed by atoms with E-state index >= 15 is 0 Å². The van der Waals surface area contributed by atoms with Gasteiger partial charge in [0.25, 0.3) is 0 Å². The lowest BCUT2D eigenvalue weighted by Gasteiger charge is -2.42. The molecule has 3 aromatic heterocycles. The third-order valence-electron chi connectivity index (χ3n) is 10.4. The molecule has 11 nitrogen and oxygen atoms in total. The van der Waals surface area contributed by atoms with Gasteiger partial charge in [0.1, 0.15) is 11.6 Å². The second kappa shape index (κ2) is 14.7. The molecule has 5 aromatic rings. The van der Waals surface area contributed by atoms with Gasteiger partial charge in [-0.15, -0.1) is 0 Å². The molecule has 13 heteroatoms. The number of halogens is 1. The highest BCUT2D eigenvalue weighted by Gasteiger charge is 2.28. The number of benzene rings is 2. The highest BCUT2D eigenvalue weighted by molar-refractivity contribution is 9.10. The zero-order chi connectivity index (χ0) is 35.1. The largest absolute Gasteiger partial charge is 0.494 e. The molecule has 0 radical (unpaired) electrons. The number of nitrogens with one attached hydrogen (secondary N) is 3. The fraction of sp³-hybridized carbons (Fsp3) is 0.421. The van der Waals surface area contributed by atoms with Crippen LogP contribution in [0.1, 0.15) is 37.3 Å². The third kappa shape index (κ3) is 7.29. The fourth-order valence-electron chi connectivity index (χ4n) is 7.55. The van der Waals surface area contributed by atoms with Crippen molar-refractivity contribution in [2.24, 2.45) is 7.05 Å². The number of anilines is 5. The summed E-state index contributed by atoms with van der Waals surface area (Å²) < 4.78 is 8.64. The number of piperidine rings is 1. The van der Waals surface area contributed by atoms with E-state index in [0.717, 1.165) is 83.2 Å². The number of hydrogen-bond acceptors (Lipinski definition) is 10. The molecule has 2 saturated heterocycles. The summed E-state index contributed by atoms with van der Waals surface area (Å²) in [6.45, 7) is 10.8. The molecule has 1 aliphatic carbocycles. The van der Waals surface area contributed by atoms with Crippen molar-refractivity contribution in [3.05, 3.63) is 65.2 Å². The fourth-order valence-corrected chi connectivity index (χ4v) is 9.12. The number of methoxy groups -OCH3 is 1. The van der Waals surface area contributed by atoms with E-state index in [-0.39, 0.29) is 0 Å². The highest BCUT2D eigenvalue weighted by Crippen LogP contribution is 2.42. The zero-order valence-electron chi connectivity index (χ0n) is 29.8. The lowest BCUT2D eigenvalue weighted by molar-refractivity contribution is 0.153. The van der Waals surface area contributed by atoms with Crippen LogP contribution in [-0.4, -0.2) is 95.4 Å². The van der Waals surface area contributed by atoms with Crippen molar-refractivity contribution in [3.8, 4) is 16.9 Å². The minimum atomic E-state index is -0.434. The topological polar surface area (TPSA) is 108 Å². The van der Waals surface area contributed by atoms with Crippen molar-refractivity contribution in [1.82, 2.24) is 34.9 Å². The minimum Gasteiger partial charge on any atom is -0.494 e. The Morgan fingerprint density at radius 3 is 2.43 bits per heavy atom. The molecule has 3 aliphatic rings. The first-order valence-electron chi connectivity index (χ1n) is 17.9. The molecule has 266 valence electrons. The number of hydrogen-bond donors (Lipinski definition) is 3. The minimum absolute atomic E-state index is 0.434. The molecule has 1 saturated carbocycles. The van der Waals surface area contributed by atoms with Gasteiger partial charge in [0.05, 0.1) is 29.0 Å². The van der Waals surface area contributed by atoms with Crippen LogP contribution in [0, 0.1) is 0 Å². The Morgan fingerprint density at radius 2 is 1.73 bits per heavy atom. The van der Waals surface area contributed by atoms with Crippen molar-refractivity contribution in [2.45, 2.75) is 37.6 Å². The van der Waals surface area contributed by atoms with Crippen molar-refractivity contribution in [1.29, 1.82) is 0 Å². The monoisotopic (exact) mass is 768 g/mol. The van der Waals surface area contributed by atoms with Gasteiger partial charge in [-0.05, 0) is 92.3 Å². The van der Waals surface area contributed by atoms with Crippen LogP contribution in [0.25, 0.3) is 22.0 Å². The van der Waals surface area contributed by atoms with E-state index in [0.29, 0.717) is 23.7 Å². The second-order valence-corrected chi connectivity index (χ2v) is 17.1. The normalized spacial score (nSPS) is 17.3. The molecular formula is C38H46BrN10OP. The maximum atomic E-state index is 6.01. The van der Waals surface area contributed by atoms with E-state index in [4.69, 9.17) is 14.7 Å². The van der Waals surface area contributed by atoms with E-state index in [2.05, 4.69) is 108 Å². The summed E-state index contributed by atoms with van der Waals surface area (Å²) in [6.07, 6.45) is 10.7. The van der Waals surface area contributed by atoms with Crippen LogP contribution in [-0.2, 0) is 7.05 Å². The van der Waals surface area contributed by atoms with Gasteiger partial charge in [-0.3, -0.25) is 14.6 Å². The maximum Gasteiger partial charge on any atom is 0.229 e. The molecule has 2 aliphatic heterocycles. The lowest BCUT2D eigenvalue weighted by Crippen LogP contribution is -2.52. The quantitative estimate of drug-likeness (QED) is 0.131. The zero-order valence-corrected chi connectivity index (χ0v) is 32.3. The van der Waals surface area contributed by atoms with Crippen LogP contribution in [0.3, 0.4) is 0 Å². The number of nitrogens with zero attached hydrogens (tertiary/aromatic N) is 7. The van der Waals surface area contributed by atoms with E-state index in [1.54, 1.807) is 13.3 Å². The predicted molar refractivity (Wildman–Crippen MR) is 213 cm³/mol. The Bertz CT molecular complexity index is 2040. The smallest absolute Gasteiger partial charge is 0.229 e. The van der Waals surface area contributed by atoms with Gasteiger partial charge >= 0.3 is 0 Å². The Hall–Kier alpha value is -3.83. The molecule has 3 N–H and O–H groups in total. The van der Waals surface area contributed by atoms with E-state index in [1.807, 2.05) is 17.9 Å². The molecule has 5 heterocycles. The van der Waals surface area contributed by atoms with Crippen LogP contribution in [0.15, 0.2) is 59.5 Å². The van der Waals surface area contributed by atoms with Gasteiger partial charge in [0, 0.05) is 103 Å². The van der Waals surface area contributed by atoms with Gasteiger partial charge in [-0.25, -0.2) is 4.98 Å². The van der Waals surface area contributed by atoms with Gasteiger partial charge in [-0.2, -0.15) is 10.1 Å². The summed E-state index contributed by atoms with van der Waals surface area (Å²) in [4.78, 5) is 19.8. The average Bonchev–Trinajstić information content (AvgIpc) is 3.92. The van der Waals surface area contributed by atoms with E-state index in [9.17, 15) is 0 Å². The number of piperazine rings is 1. The maximum absolute atomic E-state index is 6.01. The van der Waals surface area contributed by atoms with Crippen molar-refractivity contribution in [2.75, 3.05) is 75.2 Å². The highest BCUT2D eigenvalue weighted by atomic mass is 79.9. The number of ether oxygens (including phenoxy) is 1. The van der Waals surface area contributed by atoms with Crippen LogP contribution < -0.4 is 30.9 Å². The summed E-state index contributed by atoms with van der Waals surface area (Å²) in [6, 6.07) is 13.7. The number of aryl methyl sites for hydroxylation is 1. The number of aromatic nitrogens is 5. The number of rotatable bonds is 10. The Morgan fingerprint density at radius 1 is 0.922 bits per heavy atom. The molecule has 0 amide bonds. The number of pyridine rings is 1. The van der Waals surface area contributed by atoms with E-state index in [1.165, 1.54) is 42.1 Å². The van der Waals surface area contributed by atoms with Crippen molar-refractivity contribution in [3.63, 3.8) is 0 Å². The van der Waals surface area contributed by atoms with Crippen LogP contribution in [0.5, 0.6) is 5.75 Å². The average molecular weight is 770 g/mol. The first-order chi connectivity index (χ1) is 24.8. The van der Waals surface area contributed by atoms with Crippen molar-refractivity contribution >= 4 is 68.9 Å². The van der Waals surface area contributed by atoms with Crippen LogP contribution >= 0.6 is 23.9 Å². The Kier molecular flexibility index (Phi) is 9.85. The Balaban J connectivity index is 1.08. The molecule has 8 rings (SSSR count). The molecule has 0 bridgehead atoms. The summed E-state index contributed by atoms with van der Waals surface area (Å²) in [5, 5.41) is 17.6. The van der Waals surface area contributed by atoms with Gasteiger partial charge in [0.2, 0.25) is 5.95 Å². The lowest BCUT2D eigenvalue weighted by atomic mass is 10.0. The van der Waals surface area contributed by atoms with Crippen LogP contribution in [0.4, 0.5) is 28.8 Å². The SMILES string of the molecule is COc1cc(N2CCN(C3CCNCC3)CC2)c(-c2cnn(C)c2)cc1Nc1ncc(Br)c(Nc2ccc3nc(C4CC4)ccc3c2P(C)C)n1. The summed E-state index contributed by atoms with van der Waals surface area (Å²) in [5.74, 6) is 2.50. The molecule has 3 fully saturated rings. The molecule has 51 heavy (non-hydrogen) atoms. The predicted octanol–water partition coefficient (Wildman–Crippen LogP) is 6.80. The van der Waals surface area contributed by atoms with Gasteiger partial charge in [0.15, 0.2) is 0 Å². The second-order valence-electron chi connectivity index (χ2n) is 14.0. The van der Waals surface area contributed by atoms with Gasteiger partial charge in [-0.1, -0.05) is 14.0 Å². The van der Waals surface area contributed by atoms with Crippen LogP contribution in [0.2, 0.25) is 0 Å². The first-order valence-corrected chi connectivity index (χ1v) is 21.0. The Labute approximate surface area is 309 Å². The summed E-state index contributed by atoms with van der Waals surface area (Å²) >= 11 is 3.70. The third-order valence-corrected chi connectivity index (χ3v) is 12.3. The van der Waals surface area contributed by atoms with Crippen molar-refractivity contribution < 1.29 is 4.74 Å². The molecule has 0 spiro atoms. The number of fused-ring (bicyclic) bond motifs is 1. The standard InChI is InChI=1S/C38H46BrN10OP/c1-47-23-25(21-42-47)28-19-33(35(50-2)20-34(28)49-17-15-48(16-18-49)26-11-13-40-14-12-26)45-38-41-22-29(39)37(46-38)44-32-10-9-31-27(36(32)51(3)4)7-8-30(43-31)24-5-6-24/h7-10,19-24,26,40H,5-6,11-18H2,1-4H3,(H2,41,44,45,46). The summed E-state index contributed by atoms with van der Waals surface area (Å²) in [5.41, 5.74) is 7.39. The molecular weight excluding hydrogens is 723 g/mol. The molecule has 2 aromatic carbocycles. The first kappa shape index (κ1) is 34.3. The molecule has 0 unspecified atom stereocenters.